The summed E-state index contributed by atoms with van der Waals surface area (Å²) in [5, 5.41) is 0. The summed E-state index contributed by atoms with van der Waals surface area (Å²) in [5.74, 6) is 0.123. The highest BCUT2D eigenvalue weighted by Gasteiger charge is 2.15. The molecule has 2 atom stereocenters. The van der Waals surface area contributed by atoms with E-state index in [0.29, 0.717) is 6.61 Å². The van der Waals surface area contributed by atoms with E-state index in [2.05, 4.69) is 26.5 Å². The van der Waals surface area contributed by atoms with E-state index in [-0.39, 0.29) is 17.8 Å². The van der Waals surface area contributed by atoms with E-state index >= 15 is 0 Å². The van der Waals surface area contributed by atoms with E-state index < -0.39 is 0 Å². The summed E-state index contributed by atoms with van der Waals surface area (Å²) in [5.41, 5.74) is 2.35. The number of carbonyl (C=O) groups is 1. The fourth-order valence-electron chi connectivity index (χ4n) is 1.28. The average molecular weight is 238 g/mol. The molecular weight excluding hydrogens is 212 g/mol. The minimum absolute atomic E-state index is 0.00998. The van der Waals surface area contributed by atoms with E-state index in [1.807, 2.05) is 20.8 Å². The number of allylic oxidation sites excluding steroid dienone is 2. The second-order valence-electron chi connectivity index (χ2n) is 5.00. The number of ether oxygens (including phenoxy) is 1. The van der Waals surface area contributed by atoms with Crippen LogP contribution in [0.15, 0.2) is 23.8 Å². The first kappa shape index (κ1) is 16.0. The smallest absolute Gasteiger partial charge is 0.308 e. The van der Waals surface area contributed by atoms with Crippen molar-refractivity contribution in [2.24, 2.45) is 11.8 Å². The molecule has 0 amide bonds. The van der Waals surface area contributed by atoms with Gasteiger partial charge >= 0.3 is 5.97 Å². The van der Waals surface area contributed by atoms with E-state index in [9.17, 15) is 4.79 Å². The summed E-state index contributed by atoms with van der Waals surface area (Å²) in [6.45, 7) is 14.4. The lowest BCUT2D eigenvalue weighted by molar-refractivity contribution is -0.149. The van der Waals surface area contributed by atoms with Crippen molar-refractivity contribution in [1.82, 2.24) is 0 Å². The Labute approximate surface area is 106 Å². The van der Waals surface area contributed by atoms with Crippen LogP contribution in [0.3, 0.4) is 0 Å². The normalized spacial score (nSPS) is 13.7. The molecule has 2 nitrogen and oxygen atoms in total. The van der Waals surface area contributed by atoms with Gasteiger partial charge in [-0.15, -0.1) is 0 Å². The molecule has 0 spiro atoms. The van der Waals surface area contributed by atoms with Gasteiger partial charge in [0.1, 0.15) is 0 Å². The maximum atomic E-state index is 11.6. The molecule has 0 aliphatic rings. The molecule has 0 aromatic heterocycles. The van der Waals surface area contributed by atoms with Crippen molar-refractivity contribution in [2.75, 3.05) is 6.61 Å². The molecule has 0 bridgehead atoms. The van der Waals surface area contributed by atoms with Crippen molar-refractivity contribution < 1.29 is 9.53 Å². The summed E-state index contributed by atoms with van der Waals surface area (Å²) < 4.78 is 5.32. The Morgan fingerprint density at radius 3 is 2.35 bits per heavy atom. The average Bonchev–Trinajstić information content (AvgIpc) is 2.26. The molecule has 0 rings (SSSR count). The van der Waals surface area contributed by atoms with Crippen LogP contribution in [0.2, 0.25) is 0 Å². The molecule has 0 aromatic carbocycles. The van der Waals surface area contributed by atoms with Gasteiger partial charge in [0.15, 0.2) is 0 Å². The van der Waals surface area contributed by atoms with Gasteiger partial charge in [0.25, 0.3) is 0 Å². The zero-order valence-electron chi connectivity index (χ0n) is 11.9. The van der Waals surface area contributed by atoms with Crippen molar-refractivity contribution in [2.45, 2.75) is 47.5 Å². The molecule has 0 aromatic rings. The Morgan fingerprint density at radius 2 is 1.94 bits per heavy atom. The lowest BCUT2D eigenvalue weighted by Crippen LogP contribution is -2.19. The van der Waals surface area contributed by atoms with E-state index in [0.717, 1.165) is 18.4 Å². The van der Waals surface area contributed by atoms with Gasteiger partial charge in [0, 0.05) is 5.92 Å². The SMILES string of the molecule is C=C(C)[C@H](CC=C(C)C)COC(=O)[C@H](C)CC. The number of carbonyl (C=O) groups excluding carboxylic acids is 1. The highest BCUT2D eigenvalue weighted by atomic mass is 16.5. The molecule has 0 aliphatic heterocycles. The summed E-state index contributed by atoms with van der Waals surface area (Å²) in [4.78, 5) is 11.6. The second-order valence-corrected chi connectivity index (χ2v) is 5.00. The van der Waals surface area contributed by atoms with Crippen molar-refractivity contribution in [3.05, 3.63) is 23.8 Å². The summed E-state index contributed by atoms with van der Waals surface area (Å²) in [6.07, 6.45) is 3.88. The van der Waals surface area contributed by atoms with Gasteiger partial charge in [0.2, 0.25) is 0 Å². The highest BCUT2D eigenvalue weighted by molar-refractivity contribution is 5.71. The Kier molecular flexibility index (Phi) is 7.60. The number of hydrogen-bond donors (Lipinski definition) is 0. The zero-order chi connectivity index (χ0) is 13.4. The lowest BCUT2D eigenvalue weighted by Gasteiger charge is -2.17. The summed E-state index contributed by atoms with van der Waals surface area (Å²) in [6, 6.07) is 0. The minimum Gasteiger partial charge on any atom is -0.465 e. The van der Waals surface area contributed by atoms with E-state index in [4.69, 9.17) is 4.74 Å². The first-order valence-electron chi connectivity index (χ1n) is 6.33. The zero-order valence-corrected chi connectivity index (χ0v) is 11.9. The number of rotatable bonds is 7. The van der Waals surface area contributed by atoms with E-state index in [1.54, 1.807) is 0 Å². The van der Waals surface area contributed by atoms with Crippen molar-refractivity contribution in [1.29, 1.82) is 0 Å². The van der Waals surface area contributed by atoms with Gasteiger partial charge in [-0.3, -0.25) is 4.79 Å². The maximum Gasteiger partial charge on any atom is 0.308 e. The van der Waals surface area contributed by atoms with Crippen LogP contribution in [0.4, 0.5) is 0 Å². The fourth-order valence-corrected chi connectivity index (χ4v) is 1.28. The van der Waals surface area contributed by atoms with Gasteiger partial charge < -0.3 is 4.74 Å². The largest absolute Gasteiger partial charge is 0.465 e. The standard InChI is InChI=1S/C15H26O2/c1-7-13(6)15(16)17-10-14(12(4)5)9-8-11(2)3/h8,13-14H,4,7,9-10H2,1-3,5-6H3/t13-,14-/m1/s1. The quantitative estimate of drug-likeness (QED) is 0.492. The van der Waals surface area contributed by atoms with Crippen LogP contribution in [-0.2, 0) is 9.53 Å². The third-order valence-electron chi connectivity index (χ3n) is 2.95. The number of hydrogen-bond acceptors (Lipinski definition) is 2. The van der Waals surface area contributed by atoms with Gasteiger partial charge in [-0.2, -0.15) is 0 Å². The topological polar surface area (TPSA) is 26.3 Å². The predicted molar refractivity (Wildman–Crippen MR) is 72.8 cm³/mol. The molecule has 0 radical (unpaired) electrons. The van der Waals surface area contributed by atoms with Crippen molar-refractivity contribution >= 4 is 5.97 Å². The highest BCUT2D eigenvalue weighted by Crippen LogP contribution is 2.16. The molecule has 0 unspecified atom stereocenters. The van der Waals surface area contributed by atoms with Crippen molar-refractivity contribution in [3.8, 4) is 0 Å². The van der Waals surface area contributed by atoms with Crippen LogP contribution < -0.4 is 0 Å². The van der Waals surface area contributed by atoms with Crippen LogP contribution in [0.5, 0.6) is 0 Å². The first-order chi connectivity index (χ1) is 7.88. The summed E-state index contributed by atoms with van der Waals surface area (Å²) in [7, 11) is 0. The Morgan fingerprint density at radius 1 is 1.35 bits per heavy atom. The van der Waals surface area contributed by atoms with Crippen LogP contribution in [0, 0.1) is 11.8 Å². The van der Waals surface area contributed by atoms with Crippen LogP contribution in [-0.4, -0.2) is 12.6 Å². The predicted octanol–water partition coefficient (Wildman–Crippen LogP) is 4.12. The molecule has 0 saturated heterocycles. The maximum absolute atomic E-state index is 11.6. The fraction of sp³-hybridized carbons (Fsp3) is 0.667. The Balaban J connectivity index is 4.23. The Hall–Kier alpha value is -1.05. The Bertz CT molecular complexity index is 285. The molecule has 2 heteroatoms. The van der Waals surface area contributed by atoms with Crippen molar-refractivity contribution in [3.63, 3.8) is 0 Å². The third kappa shape index (κ3) is 6.98. The van der Waals surface area contributed by atoms with Crippen LogP contribution >= 0.6 is 0 Å². The molecule has 0 N–H and O–H groups in total. The molecular formula is C15H26O2. The molecule has 0 saturated carbocycles. The molecule has 17 heavy (non-hydrogen) atoms. The molecule has 98 valence electrons. The molecule has 0 aliphatic carbocycles. The minimum atomic E-state index is -0.101. The summed E-state index contributed by atoms with van der Waals surface area (Å²) >= 11 is 0. The first-order valence-corrected chi connectivity index (χ1v) is 6.33. The number of esters is 1. The second kappa shape index (κ2) is 8.10. The van der Waals surface area contributed by atoms with Gasteiger partial charge in [-0.1, -0.05) is 37.6 Å². The molecule has 0 heterocycles. The third-order valence-corrected chi connectivity index (χ3v) is 2.95. The van der Waals surface area contributed by atoms with Crippen LogP contribution in [0.1, 0.15) is 47.5 Å². The lowest BCUT2D eigenvalue weighted by atomic mass is 9.98. The van der Waals surface area contributed by atoms with E-state index in [1.165, 1.54) is 5.57 Å². The van der Waals surface area contributed by atoms with Gasteiger partial charge in [0.05, 0.1) is 12.5 Å². The van der Waals surface area contributed by atoms with Gasteiger partial charge in [-0.25, -0.2) is 0 Å². The van der Waals surface area contributed by atoms with Crippen LogP contribution in [0.25, 0.3) is 0 Å². The monoisotopic (exact) mass is 238 g/mol. The van der Waals surface area contributed by atoms with Gasteiger partial charge in [-0.05, 0) is 33.6 Å². The molecule has 0 fully saturated rings.